The second-order valence-corrected chi connectivity index (χ2v) is 5.33. The van der Waals surface area contributed by atoms with Gasteiger partial charge in [0.05, 0.1) is 25.3 Å². The second kappa shape index (κ2) is 6.08. The van der Waals surface area contributed by atoms with Gasteiger partial charge in [0.1, 0.15) is 5.75 Å². The predicted octanol–water partition coefficient (Wildman–Crippen LogP) is 4.01. The second-order valence-electron chi connectivity index (χ2n) is 5.33. The van der Waals surface area contributed by atoms with Crippen molar-refractivity contribution in [1.82, 2.24) is 4.98 Å². The van der Waals surface area contributed by atoms with E-state index in [4.69, 9.17) is 9.47 Å². The molecule has 3 aromatic rings. The van der Waals surface area contributed by atoms with Crippen LogP contribution in [0.5, 0.6) is 5.75 Å². The first-order valence-electron chi connectivity index (χ1n) is 7.25. The fourth-order valence-corrected chi connectivity index (χ4v) is 2.60. The fourth-order valence-electron chi connectivity index (χ4n) is 2.60. The summed E-state index contributed by atoms with van der Waals surface area (Å²) in [6, 6.07) is 13.8. The Balaban J connectivity index is 2.30. The first-order valence-corrected chi connectivity index (χ1v) is 7.25. The number of carbonyl (C=O) groups excluding carboxylic acids is 1. The largest absolute Gasteiger partial charge is 0.497 e. The minimum atomic E-state index is -0.398. The Bertz CT molecular complexity index is 887. The van der Waals surface area contributed by atoms with Gasteiger partial charge in [0, 0.05) is 17.6 Å². The van der Waals surface area contributed by atoms with Crippen molar-refractivity contribution in [3.05, 3.63) is 59.8 Å². The van der Waals surface area contributed by atoms with Crippen LogP contribution in [0.3, 0.4) is 0 Å². The number of pyridine rings is 1. The number of aryl methyl sites for hydroxylation is 1. The molecule has 0 amide bonds. The maximum absolute atomic E-state index is 11.8. The van der Waals surface area contributed by atoms with E-state index < -0.39 is 5.97 Å². The van der Waals surface area contributed by atoms with Crippen LogP contribution in [0.15, 0.2) is 48.7 Å². The third-order valence-electron chi connectivity index (χ3n) is 3.76. The number of hydrogen-bond acceptors (Lipinski definition) is 4. The highest BCUT2D eigenvalue weighted by Crippen LogP contribution is 2.33. The van der Waals surface area contributed by atoms with Gasteiger partial charge in [0.15, 0.2) is 0 Å². The van der Waals surface area contributed by atoms with Gasteiger partial charge in [-0.3, -0.25) is 4.98 Å². The van der Waals surface area contributed by atoms with Crippen LogP contribution in [0.25, 0.3) is 22.0 Å². The van der Waals surface area contributed by atoms with Crippen molar-refractivity contribution in [3.8, 4) is 16.9 Å². The minimum absolute atomic E-state index is 0.398. The molecule has 2 aromatic carbocycles. The lowest BCUT2D eigenvalue weighted by Gasteiger charge is -2.11. The average molecular weight is 307 g/mol. The lowest BCUT2D eigenvalue weighted by Crippen LogP contribution is -2.02. The Kier molecular flexibility index (Phi) is 3.98. The lowest BCUT2D eigenvalue weighted by molar-refractivity contribution is 0.0600. The molecule has 0 saturated carbocycles. The van der Waals surface area contributed by atoms with Crippen LogP contribution in [-0.2, 0) is 4.74 Å². The van der Waals surface area contributed by atoms with Crippen LogP contribution < -0.4 is 4.74 Å². The Morgan fingerprint density at radius 3 is 2.61 bits per heavy atom. The SMILES string of the molecule is COC(=O)c1cnc2cc(OC)cc(-c3cccc(C)c3)c2c1. The molecule has 116 valence electrons. The molecular formula is C19H17NO3. The maximum atomic E-state index is 11.8. The van der Waals surface area contributed by atoms with Crippen LogP contribution in [-0.4, -0.2) is 25.2 Å². The molecule has 0 fully saturated rings. The van der Waals surface area contributed by atoms with Crippen LogP contribution in [0, 0.1) is 6.92 Å². The van der Waals surface area contributed by atoms with E-state index in [1.54, 1.807) is 7.11 Å². The summed E-state index contributed by atoms with van der Waals surface area (Å²) in [5.74, 6) is 0.331. The van der Waals surface area contributed by atoms with Gasteiger partial charge in [-0.15, -0.1) is 0 Å². The molecule has 0 unspecified atom stereocenters. The predicted molar refractivity (Wildman–Crippen MR) is 89.8 cm³/mol. The van der Waals surface area contributed by atoms with Gasteiger partial charge >= 0.3 is 5.97 Å². The van der Waals surface area contributed by atoms with Crippen LogP contribution in [0.4, 0.5) is 0 Å². The first-order chi connectivity index (χ1) is 11.1. The molecule has 0 radical (unpaired) electrons. The standard InChI is InChI=1S/C19H17NO3/c1-12-5-4-6-13(7-12)16-9-15(22-2)10-18-17(16)8-14(11-20-18)19(21)23-3/h4-11H,1-3H3. The molecule has 4 nitrogen and oxygen atoms in total. The number of carbonyl (C=O) groups is 1. The van der Waals surface area contributed by atoms with Crippen molar-refractivity contribution >= 4 is 16.9 Å². The molecule has 23 heavy (non-hydrogen) atoms. The van der Waals surface area contributed by atoms with Crippen LogP contribution >= 0.6 is 0 Å². The minimum Gasteiger partial charge on any atom is -0.497 e. The summed E-state index contributed by atoms with van der Waals surface area (Å²) >= 11 is 0. The van der Waals surface area contributed by atoms with Crippen LogP contribution in [0.1, 0.15) is 15.9 Å². The molecule has 0 saturated heterocycles. The van der Waals surface area contributed by atoms with Gasteiger partial charge in [-0.25, -0.2) is 4.79 Å². The van der Waals surface area contributed by atoms with Gasteiger partial charge in [-0.1, -0.05) is 29.8 Å². The zero-order valence-corrected chi connectivity index (χ0v) is 13.3. The molecule has 0 bridgehead atoms. The fraction of sp³-hybridized carbons (Fsp3) is 0.158. The molecule has 4 heteroatoms. The summed E-state index contributed by atoms with van der Waals surface area (Å²) in [5.41, 5.74) is 4.39. The van der Waals surface area contributed by atoms with Gasteiger partial charge in [0.2, 0.25) is 0 Å². The normalized spacial score (nSPS) is 10.6. The van der Waals surface area contributed by atoms with Crippen molar-refractivity contribution < 1.29 is 14.3 Å². The molecule has 1 aromatic heterocycles. The van der Waals surface area contributed by atoms with Crippen LogP contribution in [0.2, 0.25) is 0 Å². The van der Waals surface area contributed by atoms with E-state index in [1.807, 2.05) is 43.3 Å². The third kappa shape index (κ3) is 2.88. The Morgan fingerprint density at radius 2 is 1.91 bits per heavy atom. The van der Waals surface area contributed by atoms with Crippen molar-refractivity contribution in [3.63, 3.8) is 0 Å². The van der Waals surface area contributed by atoms with Gasteiger partial charge in [-0.05, 0) is 30.2 Å². The van der Waals surface area contributed by atoms with E-state index in [-0.39, 0.29) is 0 Å². The van der Waals surface area contributed by atoms with E-state index in [0.29, 0.717) is 5.56 Å². The monoisotopic (exact) mass is 307 g/mol. The highest BCUT2D eigenvalue weighted by atomic mass is 16.5. The summed E-state index contributed by atoms with van der Waals surface area (Å²) in [4.78, 5) is 16.2. The number of rotatable bonds is 3. The van der Waals surface area contributed by atoms with Gasteiger partial charge in [-0.2, -0.15) is 0 Å². The summed E-state index contributed by atoms with van der Waals surface area (Å²) in [7, 11) is 2.99. The molecular weight excluding hydrogens is 290 g/mol. The smallest absolute Gasteiger partial charge is 0.339 e. The topological polar surface area (TPSA) is 48.4 Å². The summed E-state index contributed by atoms with van der Waals surface area (Å²) < 4.78 is 10.2. The molecule has 3 rings (SSSR count). The number of ether oxygens (including phenoxy) is 2. The molecule has 0 atom stereocenters. The quantitative estimate of drug-likeness (QED) is 0.686. The van der Waals surface area contributed by atoms with Crippen molar-refractivity contribution in [1.29, 1.82) is 0 Å². The maximum Gasteiger partial charge on any atom is 0.339 e. The number of nitrogens with zero attached hydrogens (tertiary/aromatic N) is 1. The molecule has 0 aliphatic rings. The highest BCUT2D eigenvalue weighted by Gasteiger charge is 2.12. The Morgan fingerprint density at radius 1 is 1.09 bits per heavy atom. The van der Waals surface area contributed by atoms with E-state index in [1.165, 1.54) is 13.3 Å². The van der Waals surface area contributed by atoms with Gasteiger partial charge in [0.25, 0.3) is 0 Å². The number of esters is 1. The number of fused-ring (bicyclic) bond motifs is 1. The number of benzene rings is 2. The molecule has 1 heterocycles. The summed E-state index contributed by atoms with van der Waals surface area (Å²) in [6.07, 6.45) is 1.52. The first kappa shape index (κ1) is 15.0. The summed E-state index contributed by atoms with van der Waals surface area (Å²) in [6.45, 7) is 2.05. The lowest BCUT2D eigenvalue weighted by atomic mass is 9.98. The molecule has 0 aliphatic carbocycles. The Hall–Kier alpha value is -2.88. The van der Waals surface area contributed by atoms with E-state index in [0.717, 1.165) is 33.3 Å². The van der Waals surface area contributed by atoms with Crippen molar-refractivity contribution in [2.24, 2.45) is 0 Å². The highest BCUT2D eigenvalue weighted by molar-refractivity contribution is 6.00. The Labute approximate surface area is 134 Å². The van der Waals surface area contributed by atoms with Gasteiger partial charge < -0.3 is 9.47 Å². The molecule has 0 spiro atoms. The van der Waals surface area contributed by atoms with E-state index in [9.17, 15) is 4.79 Å². The third-order valence-corrected chi connectivity index (χ3v) is 3.76. The zero-order chi connectivity index (χ0) is 16.4. The van der Waals surface area contributed by atoms with Crippen molar-refractivity contribution in [2.75, 3.05) is 14.2 Å². The number of hydrogen-bond donors (Lipinski definition) is 0. The number of methoxy groups -OCH3 is 2. The summed E-state index contributed by atoms with van der Waals surface area (Å²) in [5, 5.41) is 0.888. The zero-order valence-electron chi connectivity index (χ0n) is 13.3. The van der Waals surface area contributed by atoms with Crippen molar-refractivity contribution in [2.45, 2.75) is 6.92 Å². The average Bonchev–Trinajstić information content (AvgIpc) is 2.59. The van der Waals surface area contributed by atoms with E-state index in [2.05, 4.69) is 11.1 Å². The number of aromatic nitrogens is 1. The van der Waals surface area contributed by atoms with E-state index >= 15 is 0 Å². The molecule has 0 N–H and O–H groups in total. The molecule has 0 aliphatic heterocycles.